The van der Waals surface area contributed by atoms with E-state index in [0.717, 1.165) is 28.4 Å². The lowest BCUT2D eigenvalue weighted by Gasteiger charge is -1.99. The summed E-state index contributed by atoms with van der Waals surface area (Å²) in [5, 5.41) is 1.70. The van der Waals surface area contributed by atoms with Gasteiger partial charge in [0, 0.05) is 11.4 Å². The van der Waals surface area contributed by atoms with Gasteiger partial charge in [-0.1, -0.05) is 37.8 Å². The predicted octanol–water partition coefficient (Wildman–Crippen LogP) is 2.91. The number of nitrogens with zero attached hydrogens (tertiary/aromatic N) is 2. The molecular weight excluding hydrogens is 256 g/mol. The first-order valence-electron chi connectivity index (χ1n) is 7.11. The van der Waals surface area contributed by atoms with E-state index < -0.39 is 0 Å². The van der Waals surface area contributed by atoms with Crippen molar-refractivity contribution in [1.29, 1.82) is 0 Å². The van der Waals surface area contributed by atoms with E-state index in [1.165, 1.54) is 11.1 Å². The molecule has 0 aromatic carbocycles. The van der Waals surface area contributed by atoms with Gasteiger partial charge in [-0.05, 0) is 49.1 Å². The topological polar surface area (TPSA) is 25.8 Å². The lowest BCUT2D eigenvalue weighted by molar-refractivity contribution is 1.01. The summed E-state index contributed by atoms with van der Waals surface area (Å²) in [5.74, 6) is 0.745. The molecule has 1 aromatic heterocycles. The second kappa shape index (κ2) is 6.83. The van der Waals surface area contributed by atoms with Gasteiger partial charge in [0.05, 0.1) is 5.35 Å². The summed E-state index contributed by atoms with van der Waals surface area (Å²) in [6.45, 7) is 10.0. The Morgan fingerprint density at radius 2 is 2.14 bits per heavy atom. The molecule has 21 heavy (non-hydrogen) atoms. The molecule has 0 aliphatic heterocycles. The van der Waals surface area contributed by atoms with Gasteiger partial charge in [0.1, 0.15) is 5.82 Å². The van der Waals surface area contributed by atoms with Gasteiger partial charge < -0.3 is 0 Å². The van der Waals surface area contributed by atoms with E-state index in [1.807, 2.05) is 25.2 Å². The fraction of sp³-hybridized carbons (Fsp3) is 0.211. The highest BCUT2D eigenvalue weighted by molar-refractivity contribution is 5.50. The van der Waals surface area contributed by atoms with Crippen LogP contribution in [0, 0.1) is 6.92 Å². The molecule has 0 saturated heterocycles. The molecule has 0 bridgehead atoms. The molecule has 0 atom stereocenters. The lowest BCUT2D eigenvalue weighted by atomic mass is 10.1. The van der Waals surface area contributed by atoms with Crippen LogP contribution in [-0.4, -0.2) is 9.97 Å². The fourth-order valence-electron chi connectivity index (χ4n) is 1.97. The van der Waals surface area contributed by atoms with E-state index in [1.54, 1.807) is 6.20 Å². The molecule has 0 unspecified atom stereocenters. The Hall–Kier alpha value is -2.44. The largest absolute Gasteiger partial charge is 0.241 e. The molecule has 0 saturated carbocycles. The molecule has 106 valence electrons. The van der Waals surface area contributed by atoms with Crippen molar-refractivity contribution >= 4 is 12.7 Å². The normalized spacial score (nSPS) is 15.8. The van der Waals surface area contributed by atoms with E-state index >= 15 is 0 Å². The van der Waals surface area contributed by atoms with Crippen molar-refractivity contribution in [3.05, 3.63) is 75.4 Å². The highest BCUT2D eigenvalue weighted by Crippen LogP contribution is 2.15. The second-order valence-electron chi connectivity index (χ2n) is 5.01. The van der Waals surface area contributed by atoms with Crippen molar-refractivity contribution in [2.45, 2.75) is 27.2 Å². The third kappa shape index (κ3) is 4.01. The molecule has 0 fully saturated rings. The fourth-order valence-corrected chi connectivity index (χ4v) is 1.97. The zero-order valence-electron chi connectivity index (χ0n) is 12.9. The van der Waals surface area contributed by atoms with Gasteiger partial charge in [-0.15, -0.1) is 5.73 Å². The van der Waals surface area contributed by atoms with Crippen LogP contribution in [0.1, 0.15) is 26.1 Å². The molecular formula is C19H20N2. The minimum atomic E-state index is 0.745. The summed E-state index contributed by atoms with van der Waals surface area (Å²) >= 11 is 0. The van der Waals surface area contributed by atoms with E-state index in [2.05, 4.69) is 54.4 Å². The highest BCUT2D eigenvalue weighted by atomic mass is 14.8. The van der Waals surface area contributed by atoms with Crippen LogP contribution in [0.4, 0.5) is 0 Å². The first-order valence-corrected chi connectivity index (χ1v) is 7.11. The SMILES string of the molecule is C=c1nc(C)nc/c1=C/C=C(\C)C1=CC=C(CC)C=C=C1. The summed E-state index contributed by atoms with van der Waals surface area (Å²) in [4.78, 5) is 8.47. The van der Waals surface area contributed by atoms with E-state index in [9.17, 15) is 0 Å². The Bertz CT molecular complexity index is 798. The van der Waals surface area contributed by atoms with Crippen LogP contribution in [0.5, 0.6) is 0 Å². The Labute approximate surface area is 126 Å². The number of rotatable bonds is 3. The van der Waals surface area contributed by atoms with Gasteiger partial charge in [-0.3, -0.25) is 0 Å². The monoisotopic (exact) mass is 276 g/mol. The zero-order valence-corrected chi connectivity index (χ0v) is 12.9. The maximum atomic E-state index is 4.27. The summed E-state index contributed by atoms with van der Waals surface area (Å²) in [6, 6.07) is 0. The second-order valence-corrected chi connectivity index (χ2v) is 5.01. The third-order valence-electron chi connectivity index (χ3n) is 3.38. The molecule has 0 amide bonds. The quantitative estimate of drug-likeness (QED) is 0.793. The Kier molecular flexibility index (Phi) is 4.86. The molecule has 2 nitrogen and oxygen atoms in total. The molecule has 1 heterocycles. The van der Waals surface area contributed by atoms with Crippen LogP contribution in [0.25, 0.3) is 12.7 Å². The van der Waals surface area contributed by atoms with Gasteiger partial charge >= 0.3 is 0 Å². The van der Waals surface area contributed by atoms with Gasteiger partial charge in [-0.2, -0.15) is 0 Å². The molecule has 0 spiro atoms. The number of aryl methyl sites for hydroxylation is 1. The van der Waals surface area contributed by atoms with Crippen molar-refractivity contribution < 1.29 is 0 Å². The molecule has 2 heteroatoms. The van der Waals surface area contributed by atoms with Crippen LogP contribution in [0.15, 0.2) is 59.0 Å². The van der Waals surface area contributed by atoms with Crippen molar-refractivity contribution in [2.24, 2.45) is 0 Å². The highest BCUT2D eigenvalue weighted by Gasteiger charge is 1.97. The Balaban J connectivity index is 2.34. The summed E-state index contributed by atoms with van der Waals surface area (Å²) in [6.07, 6.45) is 15.2. The van der Waals surface area contributed by atoms with Crippen LogP contribution in [0.3, 0.4) is 0 Å². The minimum absolute atomic E-state index is 0.745. The molecule has 1 aliphatic rings. The van der Waals surface area contributed by atoms with E-state index in [-0.39, 0.29) is 0 Å². The number of hydrogen-bond donors (Lipinski definition) is 0. The van der Waals surface area contributed by atoms with E-state index in [0.29, 0.717) is 0 Å². The summed E-state index contributed by atoms with van der Waals surface area (Å²) < 4.78 is 0. The predicted molar refractivity (Wildman–Crippen MR) is 88.9 cm³/mol. The zero-order chi connectivity index (χ0) is 15.2. The minimum Gasteiger partial charge on any atom is -0.241 e. The first kappa shape index (κ1) is 15.0. The summed E-state index contributed by atoms with van der Waals surface area (Å²) in [7, 11) is 0. The van der Waals surface area contributed by atoms with Gasteiger partial charge in [-0.25, -0.2) is 9.97 Å². The van der Waals surface area contributed by atoms with Crippen LogP contribution in [-0.2, 0) is 0 Å². The third-order valence-corrected chi connectivity index (χ3v) is 3.38. The lowest BCUT2D eigenvalue weighted by Crippen LogP contribution is -2.27. The van der Waals surface area contributed by atoms with Gasteiger partial charge in [0.2, 0.25) is 0 Å². The van der Waals surface area contributed by atoms with E-state index in [4.69, 9.17) is 0 Å². The smallest absolute Gasteiger partial charge is 0.125 e. The maximum Gasteiger partial charge on any atom is 0.125 e. The molecule has 1 aliphatic carbocycles. The first-order chi connectivity index (χ1) is 10.1. The van der Waals surface area contributed by atoms with Gasteiger partial charge in [0.25, 0.3) is 0 Å². The number of hydrogen-bond acceptors (Lipinski definition) is 2. The Morgan fingerprint density at radius 3 is 2.86 bits per heavy atom. The van der Waals surface area contributed by atoms with Crippen molar-refractivity contribution in [3.63, 3.8) is 0 Å². The van der Waals surface area contributed by atoms with Crippen LogP contribution < -0.4 is 10.6 Å². The average Bonchev–Trinajstić information content (AvgIpc) is 2.71. The van der Waals surface area contributed by atoms with Crippen LogP contribution in [0.2, 0.25) is 0 Å². The molecule has 1 aromatic rings. The molecule has 0 radical (unpaired) electrons. The maximum absolute atomic E-state index is 4.27. The Morgan fingerprint density at radius 1 is 1.33 bits per heavy atom. The van der Waals surface area contributed by atoms with Crippen LogP contribution >= 0.6 is 0 Å². The van der Waals surface area contributed by atoms with Crippen molar-refractivity contribution in [2.75, 3.05) is 0 Å². The molecule has 2 rings (SSSR count). The van der Waals surface area contributed by atoms with Gasteiger partial charge in [0.15, 0.2) is 0 Å². The molecule has 0 N–H and O–H groups in total. The van der Waals surface area contributed by atoms with Crippen molar-refractivity contribution in [1.82, 2.24) is 9.97 Å². The number of allylic oxidation sites excluding steroid dienone is 7. The van der Waals surface area contributed by atoms with Crippen molar-refractivity contribution in [3.8, 4) is 0 Å². The standard InChI is InChI=1S/C19H20N2/c1-5-17-7-6-8-18(12-10-17)14(2)9-11-19-13-20-16(4)21-15(19)3/h7-13H,3,5H2,1-2,4H3/b14-9+,19-11-. The summed E-state index contributed by atoms with van der Waals surface area (Å²) in [5.41, 5.74) is 6.83. The number of aromatic nitrogens is 2. The average molecular weight is 276 g/mol.